The summed E-state index contributed by atoms with van der Waals surface area (Å²) in [7, 11) is 2.15. The van der Waals surface area contributed by atoms with Crippen molar-refractivity contribution in [3.8, 4) is 5.75 Å². The van der Waals surface area contributed by atoms with Crippen LogP contribution in [0.5, 0.6) is 5.75 Å². The van der Waals surface area contributed by atoms with E-state index >= 15 is 0 Å². The molecule has 0 spiro atoms. The molecule has 1 aromatic carbocycles. The Morgan fingerprint density at radius 3 is 2.78 bits per heavy atom. The summed E-state index contributed by atoms with van der Waals surface area (Å²) in [6.07, 6.45) is 2.65. The highest BCUT2D eigenvalue weighted by Crippen LogP contribution is 2.27. The quantitative estimate of drug-likeness (QED) is 0.862. The lowest BCUT2D eigenvalue weighted by Gasteiger charge is -2.16. The van der Waals surface area contributed by atoms with Crippen molar-refractivity contribution in [1.82, 2.24) is 4.90 Å². The van der Waals surface area contributed by atoms with Gasteiger partial charge in [-0.25, -0.2) is 0 Å². The summed E-state index contributed by atoms with van der Waals surface area (Å²) in [5.74, 6) is 0.814. The van der Waals surface area contributed by atoms with Gasteiger partial charge in [0.2, 0.25) is 0 Å². The van der Waals surface area contributed by atoms with Crippen molar-refractivity contribution < 1.29 is 4.74 Å². The maximum absolute atomic E-state index is 6.16. The second kappa shape index (κ2) is 5.91. The lowest BCUT2D eigenvalue weighted by atomic mass is 10.1. The molecule has 100 valence electrons. The number of nitrogens with two attached hydrogens (primary N) is 1. The first-order valence-electron chi connectivity index (χ1n) is 6.46. The Balaban J connectivity index is 1.83. The van der Waals surface area contributed by atoms with Gasteiger partial charge in [-0.15, -0.1) is 0 Å². The summed E-state index contributed by atoms with van der Waals surface area (Å²) in [5.41, 5.74) is 6.77. The number of hydrogen-bond donors (Lipinski definition) is 1. The van der Waals surface area contributed by atoms with Crippen LogP contribution in [0.4, 0.5) is 0 Å². The predicted molar refractivity (Wildman–Crippen MR) is 75.2 cm³/mol. The van der Waals surface area contributed by atoms with Gasteiger partial charge in [-0.1, -0.05) is 17.7 Å². The van der Waals surface area contributed by atoms with E-state index in [0.29, 0.717) is 11.6 Å². The van der Waals surface area contributed by atoms with Gasteiger partial charge in [-0.3, -0.25) is 0 Å². The van der Waals surface area contributed by atoms with E-state index in [-0.39, 0.29) is 6.04 Å². The largest absolute Gasteiger partial charge is 0.492 e. The van der Waals surface area contributed by atoms with E-state index in [9.17, 15) is 0 Å². The van der Waals surface area contributed by atoms with Gasteiger partial charge in [-0.05, 0) is 44.5 Å². The van der Waals surface area contributed by atoms with Crippen LogP contribution in [0.3, 0.4) is 0 Å². The molecule has 3 nitrogen and oxygen atoms in total. The van der Waals surface area contributed by atoms with Gasteiger partial charge < -0.3 is 15.4 Å². The molecule has 2 rings (SSSR count). The Morgan fingerprint density at radius 1 is 1.50 bits per heavy atom. The van der Waals surface area contributed by atoms with Crippen LogP contribution in [0.25, 0.3) is 0 Å². The Kier molecular flexibility index (Phi) is 4.49. The standard InChI is InChI=1S/C14H21ClN2O/c1-10(16)13-6-5-12(9-14(13)15)18-8-7-17(2)11-3-4-11/h5-6,9-11H,3-4,7-8,16H2,1-2H3. The number of nitrogens with zero attached hydrogens (tertiary/aromatic N) is 1. The van der Waals surface area contributed by atoms with Gasteiger partial charge in [0.15, 0.2) is 0 Å². The Bertz CT molecular complexity index is 405. The summed E-state index contributed by atoms with van der Waals surface area (Å²) in [6.45, 7) is 3.57. The van der Waals surface area contributed by atoms with Crippen molar-refractivity contribution in [3.63, 3.8) is 0 Å². The molecule has 0 amide bonds. The third-order valence-electron chi connectivity index (χ3n) is 3.35. The predicted octanol–water partition coefficient (Wildman–Crippen LogP) is 2.83. The molecule has 1 unspecified atom stereocenters. The molecule has 0 saturated heterocycles. The fraction of sp³-hybridized carbons (Fsp3) is 0.571. The van der Waals surface area contributed by atoms with E-state index in [1.165, 1.54) is 12.8 Å². The molecular weight excluding hydrogens is 248 g/mol. The molecule has 1 aromatic rings. The normalized spacial score (nSPS) is 16.9. The number of benzene rings is 1. The first kappa shape index (κ1) is 13.7. The Morgan fingerprint density at radius 2 is 2.22 bits per heavy atom. The van der Waals surface area contributed by atoms with Crippen LogP contribution in [-0.4, -0.2) is 31.1 Å². The van der Waals surface area contributed by atoms with Crippen LogP contribution in [0.1, 0.15) is 31.4 Å². The number of hydrogen-bond acceptors (Lipinski definition) is 3. The van der Waals surface area contributed by atoms with Gasteiger partial charge >= 0.3 is 0 Å². The van der Waals surface area contributed by atoms with Crippen molar-refractivity contribution in [2.24, 2.45) is 5.73 Å². The summed E-state index contributed by atoms with van der Waals surface area (Å²) in [4.78, 5) is 2.35. The van der Waals surface area contributed by atoms with Crippen LogP contribution in [0.2, 0.25) is 5.02 Å². The number of halogens is 1. The summed E-state index contributed by atoms with van der Waals surface area (Å²) in [5, 5.41) is 0.679. The zero-order valence-electron chi connectivity index (χ0n) is 11.0. The molecule has 0 aromatic heterocycles. The molecule has 1 saturated carbocycles. The van der Waals surface area contributed by atoms with Gasteiger partial charge in [0.25, 0.3) is 0 Å². The SMILES string of the molecule is CC(N)c1ccc(OCCN(C)C2CC2)cc1Cl. The van der Waals surface area contributed by atoms with Gasteiger partial charge in [0.05, 0.1) is 0 Å². The van der Waals surface area contributed by atoms with Crippen molar-refractivity contribution in [2.75, 3.05) is 20.2 Å². The minimum atomic E-state index is -0.0486. The molecule has 0 bridgehead atoms. The minimum Gasteiger partial charge on any atom is -0.492 e. The third kappa shape index (κ3) is 3.61. The van der Waals surface area contributed by atoms with E-state index in [1.807, 2.05) is 25.1 Å². The number of ether oxygens (including phenoxy) is 1. The second-order valence-corrected chi connectivity index (χ2v) is 5.44. The Hall–Kier alpha value is -0.770. The molecule has 18 heavy (non-hydrogen) atoms. The highest BCUT2D eigenvalue weighted by molar-refractivity contribution is 6.31. The van der Waals surface area contributed by atoms with Gasteiger partial charge in [0.1, 0.15) is 12.4 Å². The maximum atomic E-state index is 6.16. The number of rotatable bonds is 6. The molecule has 1 fully saturated rings. The first-order chi connectivity index (χ1) is 8.58. The second-order valence-electron chi connectivity index (χ2n) is 5.03. The average Bonchev–Trinajstić information content (AvgIpc) is 3.12. The van der Waals surface area contributed by atoms with Crippen LogP contribution in [0.15, 0.2) is 18.2 Å². The Labute approximate surface area is 114 Å². The monoisotopic (exact) mass is 268 g/mol. The van der Waals surface area contributed by atoms with Gasteiger partial charge in [-0.2, -0.15) is 0 Å². The highest BCUT2D eigenvalue weighted by Gasteiger charge is 2.25. The van der Waals surface area contributed by atoms with Crippen molar-refractivity contribution in [1.29, 1.82) is 0 Å². The maximum Gasteiger partial charge on any atom is 0.120 e. The topological polar surface area (TPSA) is 38.5 Å². The minimum absolute atomic E-state index is 0.0486. The van der Waals surface area contributed by atoms with Crippen molar-refractivity contribution >= 4 is 11.6 Å². The molecule has 1 atom stereocenters. The lowest BCUT2D eigenvalue weighted by Crippen LogP contribution is -2.26. The molecule has 0 aliphatic heterocycles. The van der Waals surface area contributed by atoms with E-state index in [0.717, 1.165) is 23.9 Å². The van der Waals surface area contributed by atoms with E-state index in [2.05, 4.69) is 11.9 Å². The van der Waals surface area contributed by atoms with Crippen molar-refractivity contribution in [2.45, 2.75) is 31.8 Å². The number of likely N-dealkylation sites (N-methyl/N-ethyl adjacent to an activating group) is 1. The molecule has 2 N–H and O–H groups in total. The van der Waals surface area contributed by atoms with Crippen LogP contribution < -0.4 is 10.5 Å². The fourth-order valence-corrected chi connectivity index (χ4v) is 2.31. The smallest absolute Gasteiger partial charge is 0.120 e. The summed E-state index contributed by atoms with van der Waals surface area (Å²) in [6, 6.07) is 6.44. The third-order valence-corrected chi connectivity index (χ3v) is 3.67. The molecule has 0 radical (unpaired) electrons. The highest BCUT2D eigenvalue weighted by atomic mass is 35.5. The van der Waals surface area contributed by atoms with Crippen LogP contribution in [-0.2, 0) is 0 Å². The molecule has 0 heterocycles. The van der Waals surface area contributed by atoms with E-state index in [1.54, 1.807) is 0 Å². The fourth-order valence-electron chi connectivity index (χ4n) is 1.97. The van der Waals surface area contributed by atoms with E-state index in [4.69, 9.17) is 22.1 Å². The van der Waals surface area contributed by atoms with Crippen LogP contribution in [0, 0.1) is 0 Å². The molecule has 4 heteroatoms. The van der Waals surface area contributed by atoms with Crippen molar-refractivity contribution in [3.05, 3.63) is 28.8 Å². The average molecular weight is 269 g/mol. The summed E-state index contributed by atoms with van der Waals surface area (Å²) >= 11 is 6.16. The van der Waals surface area contributed by atoms with Gasteiger partial charge in [0, 0.05) is 23.7 Å². The molecule has 1 aliphatic carbocycles. The summed E-state index contributed by atoms with van der Waals surface area (Å²) < 4.78 is 5.70. The molecule has 1 aliphatic rings. The van der Waals surface area contributed by atoms with E-state index < -0.39 is 0 Å². The van der Waals surface area contributed by atoms with Crippen LogP contribution >= 0.6 is 11.6 Å². The molecular formula is C14H21ClN2O. The zero-order chi connectivity index (χ0) is 13.1. The lowest BCUT2D eigenvalue weighted by molar-refractivity contribution is 0.232. The first-order valence-corrected chi connectivity index (χ1v) is 6.84. The zero-order valence-corrected chi connectivity index (χ0v) is 11.8.